The van der Waals surface area contributed by atoms with Crippen molar-refractivity contribution in [1.29, 1.82) is 0 Å². The lowest BCUT2D eigenvalue weighted by molar-refractivity contribution is 0.0618. The summed E-state index contributed by atoms with van der Waals surface area (Å²) in [7, 11) is 3.46. The van der Waals surface area contributed by atoms with Crippen molar-refractivity contribution in [2.45, 2.75) is 24.8 Å². The molecule has 1 aliphatic rings. The summed E-state index contributed by atoms with van der Waals surface area (Å²) < 4.78 is 5.26. The molecule has 0 unspecified atom stereocenters. The van der Waals surface area contributed by atoms with Crippen molar-refractivity contribution >= 4 is 11.9 Å². The van der Waals surface area contributed by atoms with Gasteiger partial charge in [0.05, 0.1) is 12.7 Å². The van der Waals surface area contributed by atoms with Gasteiger partial charge in [-0.25, -0.2) is 4.79 Å². The summed E-state index contributed by atoms with van der Waals surface area (Å²) in [4.78, 5) is 25.2. The first-order valence-electron chi connectivity index (χ1n) is 8.24. The normalized spacial score (nSPS) is 19.0. The van der Waals surface area contributed by atoms with Crippen molar-refractivity contribution in [3.8, 4) is 5.75 Å². The molecule has 2 aromatic carbocycles. The van der Waals surface area contributed by atoms with Gasteiger partial charge in [-0.15, -0.1) is 0 Å². The Morgan fingerprint density at radius 1 is 1.08 bits per heavy atom. The molecule has 0 aromatic heterocycles. The van der Waals surface area contributed by atoms with Crippen LogP contribution in [-0.2, 0) is 0 Å². The largest absolute Gasteiger partial charge is 0.497 e. The van der Waals surface area contributed by atoms with Gasteiger partial charge in [0.15, 0.2) is 0 Å². The Hall–Kier alpha value is -2.82. The fourth-order valence-electron chi connectivity index (χ4n) is 3.20. The molecular formula is C20H21NO4. The Morgan fingerprint density at radius 3 is 2.32 bits per heavy atom. The Morgan fingerprint density at radius 2 is 1.72 bits per heavy atom. The molecule has 1 saturated carbocycles. The molecule has 0 radical (unpaired) electrons. The number of carboxylic acid groups (broad SMARTS) is 1. The zero-order valence-electron chi connectivity index (χ0n) is 14.3. The van der Waals surface area contributed by atoms with E-state index >= 15 is 0 Å². The minimum atomic E-state index is -0.993. The Kier molecular flexibility index (Phi) is 4.74. The van der Waals surface area contributed by atoms with Crippen LogP contribution < -0.4 is 4.74 Å². The van der Waals surface area contributed by atoms with E-state index < -0.39 is 5.97 Å². The van der Waals surface area contributed by atoms with Crippen LogP contribution in [0.4, 0.5) is 0 Å². The van der Waals surface area contributed by atoms with Crippen LogP contribution >= 0.6 is 0 Å². The van der Waals surface area contributed by atoms with E-state index in [9.17, 15) is 9.59 Å². The summed E-state index contributed by atoms with van der Waals surface area (Å²) in [5, 5.41) is 8.93. The molecule has 0 aliphatic heterocycles. The summed E-state index contributed by atoms with van der Waals surface area (Å²) >= 11 is 0. The number of carbonyl (C=O) groups excluding carboxylic acids is 1. The van der Waals surface area contributed by atoms with Gasteiger partial charge in [-0.1, -0.05) is 12.1 Å². The second kappa shape index (κ2) is 6.97. The van der Waals surface area contributed by atoms with E-state index in [-0.39, 0.29) is 17.5 Å². The standard InChI is InChI=1S/C20H21NO4/c1-21(19(22)13-6-8-14(9-7-13)20(23)24)17-10-16(11-17)15-4-3-5-18(12-15)25-2/h3-9,12,16-17H,10-11H2,1-2H3,(H,23,24). The van der Waals surface area contributed by atoms with E-state index in [0.717, 1.165) is 18.6 Å². The third-order valence-electron chi connectivity index (χ3n) is 4.93. The SMILES string of the molecule is COc1cccc(C2CC(N(C)C(=O)c3ccc(C(=O)O)cc3)C2)c1. The molecule has 1 aliphatic carbocycles. The number of hydrogen-bond acceptors (Lipinski definition) is 3. The van der Waals surface area contributed by atoms with E-state index in [1.807, 2.05) is 18.2 Å². The van der Waals surface area contributed by atoms with Crippen molar-refractivity contribution in [3.63, 3.8) is 0 Å². The number of rotatable bonds is 5. The molecule has 1 amide bonds. The molecule has 0 atom stereocenters. The van der Waals surface area contributed by atoms with Gasteiger partial charge < -0.3 is 14.7 Å². The van der Waals surface area contributed by atoms with Crippen LogP contribution in [0, 0.1) is 0 Å². The maximum absolute atomic E-state index is 12.6. The van der Waals surface area contributed by atoms with E-state index in [0.29, 0.717) is 11.5 Å². The third kappa shape index (κ3) is 3.50. The summed E-state index contributed by atoms with van der Waals surface area (Å²) in [5.74, 6) is 0.215. The van der Waals surface area contributed by atoms with Gasteiger partial charge in [-0.2, -0.15) is 0 Å². The van der Waals surface area contributed by atoms with Gasteiger partial charge in [-0.3, -0.25) is 4.79 Å². The monoisotopic (exact) mass is 339 g/mol. The zero-order chi connectivity index (χ0) is 18.0. The lowest BCUT2D eigenvalue weighted by atomic mass is 9.75. The molecule has 0 bridgehead atoms. The highest BCUT2D eigenvalue weighted by Crippen LogP contribution is 2.40. The molecule has 25 heavy (non-hydrogen) atoms. The first-order chi connectivity index (χ1) is 12.0. The first-order valence-corrected chi connectivity index (χ1v) is 8.24. The summed E-state index contributed by atoms with van der Waals surface area (Å²) in [5.41, 5.74) is 1.93. The summed E-state index contributed by atoms with van der Waals surface area (Å²) in [6, 6.07) is 14.3. The zero-order valence-corrected chi connectivity index (χ0v) is 14.3. The summed E-state index contributed by atoms with van der Waals surface area (Å²) in [6.45, 7) is 0. The van der Waals surface area contributed by atoms with Crippen LogP contribution in [0.1, 0.15) is 45.0 Å². The van der Waals surface area contributed by atoms with E-state index in [1.54, 1.807) is 31.2 Å². The average molecular weight is 339 g/mol. The Labute approximate surface area is 146 Å². The van der Waals surface area contributed by atoms with Crippen molar-refractivity contribution in [2.75, 3.05) is 14.2 Å². The van der Waals surface area contributed by atoms with E-state index in [4.69, 9.17) is 9.84 Å². The van der Waals surface area contributed by atoms with Crippen LogP contribution in [0.2, 0.25) is 0 Å². The fraction of sp³-hybridized carbons (Fsp3) is 0.300. The number of amides is 1. The van der Waals surface area contributed by atoms with Gasteiger partial charge in [0.1, 0.15) is 5.75 Å². The molecule has 3 rings (SSSR count). The topological polar surface area (TPSA) is 66.8 Å². The predicted octanol–water partition coefficient (Wildman–Crippen LogP) is 3.41. The number of methoxy groups -OCH3 is 1. The number of carbonyl (C=O) groups is 2. The van der Waals surface area contributed by atoms with Crippen molar-refractivity contribution in [1.82, 2.24) is 4.90 Å². The van der Waals surface area contributed by atoms with E-state index in [2.05, 4.69) is 6.07 Å². The molecule has 0 saturated heterocycles. The second-order valence-electron chi connectivity index (χ2n) is 6.40. The van der Waals surface area contributed by atoms with Gasteiger partial charge in [-0.05, 0) is 60.7 Å². The van der Waals surface area contributed by atoms with Crippen molar-refractivity contribution < 1.29 is 19.4 Å². The minimum absolute atomic E-state index is 0.0777. The van der Waals surface area contributed by atoms with Gasteiger partial charge in [0.25, 0.3) is 5.91 Å². The highest BCUT2D eigenvalue weighted by Gasteiger charge is 2.35. The molecule has 130 valence electrons. The number of ether oxygens (including phenoxy) is 1. The predicted molar refractivity (Wildman–Crippen MR) is 94.3 cm³/mol. The van der Waals surface area contributed by atoms with Crippen LogP contribution in [0.15, 0.2) is 48.5 Å². The average Bonchev–Trinajstić information content (AvgIpc) is 2.60. The number of benzene rings is 2. The minimum Gasteiger partial charge on any atom is -0.497 e. The van der Waals surface area contributed by atoms with Crippen LogP contribution in [0.5, 0.6) is 5.75 Å². The Balaban J connectivity index is 1.61. The lowest BCUT2D eigenvalue weighted by Gasteiger charge is -2.41. The van der Waals surface area contributed by atoms with Crippen LogP contribution in [0.25, 0.3) is 0 Å². The van der Waals surface area contributed by atoms with Crippen LogP contribution in [-0.4, -0.2) is 42.1 Å². The quantitative estimate of drug-likeness (QED) is 0.906. The molecule has 5 heteroatoms. The molecule has 1 fully saturated rings. The van der Waals surface area contributed by atoms with Gasteiger partial charge >= 0.3 is 5.97 Å². The number of aromatic carboxylic acids is 1. The highest BCUT2D eigenvalue weighted by molar-refractivity contribution is 5.96. The second-order valence-corrected chi connectivity index (χ2v) is 6.40. The van der Waals surface area contributed by atoms with Crippen LogP contribution in [0.3, 0.4) is 0 Å². The number of hydrogen-bond donors (Lipinski definition) is 1. The molecule has 0 heterocycles. The first kappa shape index (κ1) is 17.0. The Bertz CT molecular complexity index is 779. The smallest absolute Gasteiger partial charge is 0.335 e. The lowest BCUT2D eigenvalue weighted by Crippen LogP contribution is -2.44. The molecule has 0 spiro atoms. The van der Waals surface area contributed by atoms with Gasteiger partial charge in [0.2, 0.25) is 0 Å². The maximum Gasteiger partial charge on any atom is 0.335 e. The highest BCUT2D eigenvalue weighted by atomic mass is 16.5. The maximum atomic E-state index is 12.6. The van der Waals surface area contributed by atoms with E-state index in [1.165, 1.54) is 17.7 Å². The molecular weight excluding hydrogens is 318 g/mol. The molecule has 5 nitrogen and oxygen atoms in total. The molecule has 2 aromatic rings. The number of nitrogens with zero attached hydrogens (tertiary/aromatic N) is 1. The molecule has 1 N–H and O–H groups in total. The van der Waals surface area contributed by atoms with Crippen molar-refractivity contribution in [3.05, 3.63) is 65.2 Å². The van der Waals surface area contributed by atoms with Crippen molar-refractivity contribution in [2.24, 2.45) is 0 Å². The van der Waals surface area contributed by atoms with Gasteiger partial charge in [0, 0.05) is 18.7 Å². The summed E-state index contributed by atoms with van der Waals surface area (Å²) in [6.07, 6.45) is 1.84. The number of carboxylic acids is 1. The fourth-order valence-corrected chi connectivity index (χ4v) is 3.20. The third-order valence-corrected chi connectivity index (χ3v) is 4.93.